The van der Waals surface area contributed by atoms with Crippen LogP contribution in [0.1, 0.15) is 5.69 Å². The summed E-state index contributed by atoms with van der Waals surface area (Å²) >= 11 is 0. The van der Waals surface area contributed by atoms with E-state index in [4.69, 9.17) is 4.74 Å². The molecule has 0 fully saturated rings. The molecule has 7 heteroatoms. The molecule has 0 unspecified atom stereocenters. The Labute approximate surface area is 153 Å². The van der Waals surface area contributed by atoms with Crippen LogP contribution in [0.2, 0.25) is 0 Å². The van der Waals surface area contributed by atoms with Crippen LogP contribution in [0.5, 0.6) is 11.6 Å². The molecule has 1 N–H and O–H groups in total. The maximum Gasteiger partial charge on any atom is 0.216 e. The van der Waals surface area contributed by atoms with Crippen molar-refractivity contribution in [1.82, 2.24) is 14.6 Å². The van der Waals surface area contributed by atoms with Crippen molar-refractivity contribution >= 4 is 5.65 Å². The van der Waals surface area contributed by atoms with Gasteiger partial charge in [-0.2, -0.15) is 9.61 Å². The van der Waals surface area contributed by atoms with E-state index < -0.39 is 11.6 Å². The van der Waals surface area contributed by atoms with Crippen molar-refractivity contribution in [3.05, 3.63) is 65.9 Å². The van der Waals surface area contributed by atoms with Gasteiger partial charge in [-0.1, -0.05) is 0 Å². The van der Waals surface area contributed by atoms with E-state index in [1.165, 1.54) is 22.7 Å². The number of ether oxygens (including phenoxy) is 1. The van der Waals surface area contributed by atoms with Crippen molar-refractivity contribution in [2.75, 3.05) is 7.11 Å². The second-order valence-corrected chi connectivity index (χ2v) is 6.05. The van der Waals surface area contributed by atoms with E-state index in [-0.39, 0.29) is 17.1 Å². The number of methoxy groups -OCH3 is 1. The maximum atomic E-state index is 14.3. The van der Waals surface area contributed by atoms with Crippen molar-refractivity contribution in [2.45, 2.75) is 6.92 Å². The summed E-state index contributed by atoms with van der Waals surface area (Å²) in [6.45, 7) is 1.68. The Hall–Kier alpha value is -3.48. The Kier molecular flexibility index (Phi) is 3.99. The topological polar surface area (TPSA) is 59.7 Å². The van der Waals surface area contributed by atoms with Crippen molar-refractivity contribution in [2.24, 2.45) is 0 Å². The summed E-state index contributed by atoms with van der Waals surface area (Å²) in [6.07, 6.45) is 0. The Balaban J connectivity index is 1.95. The van der Waals surface area contributed by atoms with E-state index >= 15 is 0 Å². The van der Waals surface area contributed by atoms with Crippen LogP contribution >= 0.6 is 0 Å². The molecule has 5 nitrogen and oxygen atoms in total. The molecule has 0 spiro atoms. The molecule has 4 rings (SSSR count). The van der Waals surface area contributed by atoms with Crippen LogP contribution in [0.4, 0.5) is 8.78 Å². The number of aromatic hydroxyl groups is 1. The van der Waals surface area contributed by atoms with Gasteiger partial charge in [-0.3, -0.25) is 0 Å². The third-order valence-corrected chi connectivity index (χ3v) is 4.33. The summed E-state index contributed by atoms with van der Waals surface area (Å²) in [5.41, 5.74) is 2.56. The third kappa shape index (κ3) is 2.87. The van der Waals surface area contributed by atoms with Crippen LogP contribution in [0, 0.1) is 18.6 Å². The van der Waals surface area contributed by atoms with Crippen LogP contribution in [0.25, 0.3) is 28.0 Å². The van der Waals surface area contributed by atoms with E-state index in [0.717, 1.165) is 11.6 Å². The third-order valence-electron chi connectivity index (χ3n) is 4.33. The highest BCUT2D eigenvalue weighted by Gasteiger charge is 2.20. The molecule has 2 aromatic carbocycles. The van der Waals surface area contributed by atoms with Crippen LogP contribution in [0.15, 0.2) is 48.5 Å². The first kappa shape index (κ1) is 17.0. The molecule has 0 radical (unpaired) electrons. The minimum atomic E-state index is -0.718. The van der Waals surface area contributed by atoms with Gasteiger partial charge in [-0.05, 0) is 43.3 Å². The van der Waals surface area contributed by atoms with Crippen molar-refractivity contribution in [3.63, 3.8) is 0 Å². The Morgan fingerprint density at radius 2 is 1.78 bits per heavy atom. The fourth-order valence-electron chi connectivity index (χ4n) is 3.03. The zero-order valence-electron chi connectivity index (χ0n) is 14.6. The molecule has 4 aromatic rings. The predicted molar refractivity (Wildman–Crippen MR) is 96.7 cm³/mol. The van der Waals surface area contributed by atoms with Gasteiger partial charge in [0.15, 0.2) is 5.65 Å². The Bertz CT molecular complexity index is 1150. The van der Waals surface area contributed by atoms with Gasteiger partial charge < -0.3 is 9.84 Å². The highest BCUT2D eigenvalue weighted by Crippen LogP contribution is 2.33. The van der Waals surface area contributed by atoms with E-state index in [0.29, 0.717) is 22.7 Å². The van der Waals surface area contributed by atoms with E-state index in [9.17, 15) is 13.9 Å². The number of fused-ring (bicyclic) bond motifs is 1. The molecule has 0 bridgehead atoms. The van der Waals surface area contributed by atoms with Crippen molar-refractivity contribution < 1.29 is 18.6 Å². The second kappa shape index (κ2) is 6.35. The standard InChI is InChI=1S/C20H15F2N3O2/c1-11-19(15-8-5-13(21)9-16(15)22)20-23-17(10-18(26)25(20)24-11)12-3-6-14(27-2)7-4-12/h3-10,26H,1-2H3. The molecule has 0 aliphatic carbocycles. The zero-order chi connectivity index (χ0) is 19.1. The number of rotatable bonds is 3. The number of hydrogen-bond donors (Lipinski definition) is 1. The van der Waals surface area contributed by atoms with Gasteiger partial charge in [0, 0.05) is 23.3 Å². The largest absolute Gasteiger partial charge is 0.497 e. The summed E-state index contributed by atoms with van der Waals surface area (Å²) < 4.78 is 34.0. The van der Waals surface area contributed by atoms with E-state index in [1.807, 2.05) is 0 Å². The molecular formula is C20H15F2N3O2. The molecule has 2 heterocycles. The first-order valence-electron chi connectivity index (χ1n) is 8.17. The lowest BCUT2D eigenvalue weighted by atomic mass is 10.1. The zero-order valence-corrected chi connectivity index (χ0v) is 14.6. The summed E-state index contributed by atoms with van der Waals surface area (Å²) in [4.78, 5) is 4.56. The summed E-state index contributed by atoms with van der Waals surface area (Å²) in [5.74, 6) is -0.828. The molecule has 0 saturated carbocycles. The lowest BCUT2D eigenvalue weighted by Gasteiger charge is -2.07. The number of benzene rings is 2. The fourth-order valence-corrected chi connectivity index (χ4v) is 3.03. The van der Waals surface area contributed by atoms with Gasteiger partial charge in [-0.25, -0.2) is 13.8 Å². The minimum absolute atomic E-state index is 0.136. The van der Waals surface area contributed by atoms with Gasteiger partial charge >= 0.3 is 0 Å². The molecule has 0 atom stereocenters. The summed E-state index contributed by atoms with van der Waals surface area (Å²) in [6, 6.07) is 12.0. The summed E-state index contributed by atoms with van der Waals surface area (Å²) in [7, 11) is 1.57. The van der Waals surface area contributed by atoms with E-state index in [2.05, 4.69) is 10.1 Å². The van der Waals surface area contributed by atoms with Gasteiger partial charge in [0.1, 0.15) is 17.4 Å². The van der Waals surface area contributed by atoms with Gasteiger partial charge in [0.05, 0.1) is 24.1 Å². The Morgan fingerprint density at radius 3 is 2.44 bits per heavy atom. The van der Waals surface area contributed by atoms with Crippen LogP contribution < -0.4 is 4.74 Å². The number of aryl methyl sites for hydroxylation is 1. The normalized spacial score (nSPS) is 11.1. The number of aromatic nitrogens is 3. The van der Waals surface area contributed by atoms with E-state index in [1.54, 1.807) is 38.3 Å². The second-order valence-electron chi connectivity index (χ2n) is 6.05. The SMILES string of the molecule is COc1ccc(-c2cc(O)n3nc(C)c(-c4ccc(F)cc4F)c3n2)cc1. The van der Waals surface area contributed by atoms with Crippen LogP contribution in [0.3, 0.4) is 0 Å². The van der Waals surface area contributed by atoms with Crippen molar-refractivity contribution in [1.29, 1.82) is 0 Å². The van der Waals surface area contributed by atoms with Gasteiger partial charge in [0.25, 0.3) is 0 Å². The van der Waals surface area contributed by atoms with Crippen molar-refractivity contribution in [3.8, 4) is 34.0 Å². The average molecular weight is 367 g/mol. The Morgan fingerprint density at radius 1 is 1.04 bits per heavy atom. The highest BCUT2D eigenvalue weighted by atomic mass is 19.1. The average Bonchev–Trinajstić information content (AvgIpc) is 2.98. The first-order chi connectivity index (χ1) is 13.0. The lowest BCUT2D eigenvalue weighted by molar-refractivity contribution is 0.415. The molecule has 27 heavy (non-hydrogen) atoms. The monoisotopic (exact) mass is 367 g/mol. The minimum Gasteiger partial charge on any atom is -0.497 e. The fraction of sp³-hybridized carbons (Fsp3) is 0.100. The smallest absolute Gasteiger partial charge is 0.216 e. The first-order valence-corrected chi connectivity index (χ1v) is 8.17. The quantitative estimate of drug-likeness (QED) is 0.584. The number of nitrogens with zero attached hydrogens (tertiary/aromatic N) is 3. The molecule has 0 saturated heterocycles. The van der Waals surface area contributed by atoms with Gasteiger partial charge in [-0.15, -0.1) is 0 Å². The predicted octanol–water partition coefficient (Wildman–Crippen LogP) is 4.36. The molecule has 2 aromatic heterocycles. The molecule has 136 valence electrons. The number of hydrogen-bond acceptors (Lipinski definition) is 4. The molecule has 0 aliphatic rings. The molecule has 0 amide bonds. The van der Waals surface area contributed by atoms with Crippen LogP contribution in [-0.4, -0.2) is 26.8 Å². The van der Waals surface area contributed by atoms with Crippen LogP contribution in [-0.2, 0) is 0 Å². The number of halogens is 2. The maximum absolute atomic E-state index is 14.3. The molecule has 0 aliphatic heterocycles. The van der Waals surface area contributed by atoms with Gasteiger partial charge in [0.2, 0.25) is 5.88 Å². The lowest BCUT2D eigenvalue weighted by Crippen LogP contribution is -1.95. The summed E-state index contributed by atoms with van der Waals surface area (Å²) in [5, 5.41) is 14.6. The molecular weight excluding hydrogens is 352 g/mol. The highest BCUT2D eigenvalue weighted by molar-refractivity contribution is 5.82.